The minimum Gasteiger partial charge on any atom is -0.341 e. The Balaban J connectivity index is 1.37. The molecule has 0 saturated heterocycles. The fourth-order valence-corrected chi connectivity index (χ4v) is 15.4. The van der Waals surface area contributed by atoms with E-state index in [2.05, 4.69) is 198 Å². The van der Waals surface area contributed by atoms with Gasteiger partial charge in [-0.15, -0.1) is 0 Å². The predicted molar refractivity (Wildman–Crippen MR) is 254 cm³/mol. The molecule has 59 heavy (non-hydrogen) atoms. The van der Waals surface area contributed by atoms with E-state index in [-0.39, 0.29) is 0 Å². The lowest BCUT2D eigenvalue weighted by Gasteiger charge is -2.36. The zero-order chi connectivity index (χ0) is 39.7. The van der Waals surface area contributed by atoms with Crippen LogP contribution in [0.25, 0.3) is 43.4 Å². The Labute approximate surface area is 345 Å². The molecule has 0 spiro atoms. The van der Waals surface area contributed by atoms with E-state index in [4.69, 9.17) is 9.97 Å². The number of aromatic nitrogens is 4. The molecule has 2 atom stereocenters. The van der Waals surface area contributed by atoms with Crippen molar-refractivity contribution < 1.29 is 0 Å². The van der Waals surface area contributed by atoms with Gasteiger partial charge in [0, 0.05) is 59.6 Å². The van der Waals surface area contributed by atoms with E-state index in [0.29, 0.717) is 0 Å². The Morgan fingerprint density at radius 3 is 1.49 bits per heavy atom. The molecule has 0 fully saturated rings. The van der Waals surface area contributed by atoms with E-state index < -0.39 is 15.2 Å². The normalized spacial score (nSPS) is 16.6. The van der Waals surface area contributed by atoms with Gasteiger partial charge in [-0.25, -0.2) is 19.9 Å². The van der Waals surface area contributed by atoms with Crippen LogP contribution in [-0.4, -0.2) is 40.7 Å². The molecular formula is C51H39N6P2+. The summed E-state index contributed by atoms with van der Waals surface area (Å²) >= 11 is 0. The lowest BCUT2D eigenvalue weighted by molar-refractivity contribution is 1.20. The van der Waals surface area contributed by atoms with Crippen LogP contribution in [0.3, 0.4) is 0 Å². The molecule has 1 aliphatic rings. The van der Waals surface area contributed by atoms with Crippen LogP contribution in [-0.2, 0) is 0 Å². The van der Waals surface area contributed by atoms with E-state index in [1.165, 1.54) is 64.7 Å². The van der Waals surface area contributed by atoms with E-state index in [0.717, 1.165) is 33.2 Å². The molecule has 0 amide bonds. The Morgan fingerprint density at radius 2 is 0.881 bits per heavy atom. The Kier molecular flexibility index (Phi) is 8.48. The summed E-state index contributed by atoms with van der Waals surface area (Å²) in [4.78, 5) is 23.7. The largest absolute Gasteiger partial charge is 0.341 e. The molecule has 2 unspecified atom stereocenters. The third-order valence-electron chi connectivity index (χ3n) is 12.1. The van der Waals surface area contributed by atoms with E-state index in [1.807, 2.05) is 12.4 Å². The second kappa shape index (κ2) is 14.1. The number of rotatable bonds is 2. The summed E-state index contributed by atoms with van der Waals surface area (Å²) in [6, 6.07) is 58.8. The Hall–Kier alpha value is -6.58. The number of nitrogens with zero attached hydrogens (tertiary/aromatic N) is 6. The van der Waals surface area contributed by atoms with Crippen LogP contribution in [0.1, 0.15) is 0 Å². The number of benzene rings is 8. The fourth-order valence-electron chi connectivity index (χ4n) is 8.97. The summed E-state index contributed by atoms with van der Waals surface area (Å²) in [6.45, 7) is 2.50. The van der Waals surface area contributed by atoms with Crippen LogP contribution < -0.4 is 41.6 Å². The maximum atomic E-state index is 4.88. The van der Waals surface area contributed by atoms with Crippen molar-refractivity contribution in [2.45, 2.75) is 0 Å². The molecule has 282 valence electrons. The molecule has 11 rings (SSSR count). The number of hydrogen-bond donors (Lipinski definition) is 0. The standard InChI is InChI=1S/C51H39N6P2/c1-56-44-22-34-14-10-12-16-36(34)26-48(44)58(40-18-6-4-7-19-40)49-28-42-38(30-52-32-54-42)24-45(49)57(2)47-25-39-31-53-33-55-43(39)29-51(47)59(3,41-20-8-5-9-21-41)50-27-37-17-13-11-15-35(37)23-46(50)56/h4-33H,1-3H3/q+1. The van der Waals surface area contributed by atoms with Gasteiger partial charge in [0.2, 0.25) is 0 Å². The maximum absolute atomic E-state index is 4.88. The van der Waals surface area contributed by atoms with Crippen LogP contribution in [0, 0.1) is 0 Å². The van der Waals surface area contributed by atoms with Gasteiger partial charge in [0.05, 0.1) is 34.8 Å². The number of fused-ring (bicyclic) bond motifs is 8. The summed E-state index contributed by atoms with van der Waals surface area (Å²) in [5.41, 5.74) is 6.44. The first-order valence-electron chi connectivity index (χ1n) is 19.7. The zero-order valence-corrected chi connectivity index (χ0v) is 34.7. The summed E-state index contributed by atoms with van der Waals surface area (Å²) in [6.07, 6.45) is 7.20. The summed E-state index contributed by atoms with van der Waals surface area (Å²) in [7, 11) is 0.854. The molecule has 1 aliphatic heterocycles. The van der Waals surface area contributed by atoms with Crippen molar-refractivity contribution in [3.63, 3.8) is 0 Å². The summed E-state index contributed by atoms with van der Waals surface area (Å²) < 4.78 is 0. The molecular weight excluding hydrogens is 759 g/mol. The average molecular weight is 798 g/mol. The highest BCUT2D eigenvalue weighted by Gasteiger charge is 2.47. The molecule has 6 nitrogen and oxygen atoms in total. The lowest BCUT2D eigenvalue weighted by atomic mass is 10.1. The monoisotopic (exact) mass is 797 g/mol. The molecule has 0 radical (unpaired) electrons. The minimum atomic E-state index is -2.49. The molecule has 8 aromatic carbocycles. The van der Waals surface area contributed by atoms with Crippen molar-refractivity contribution >= 4 is 113 Å². The summed E-state index contributed by atoms with van der Waals surface area (Å²) in [5.74, 6) is 0. The van der Waals surface area contributed by atoms with Gasteiger partial charge in [0.25, 0.3) is 0 Å². The highest BCUT2D eigenvalue weighted by atomic mass is 31.2. The molecule has 0 bridgehead atoms. The molecule has 0 N–H and O–H groups in total. The van der Waals surface area contributed by atoms with Gasteiger partial charge in [-0.05, 0) is 89.4 Å². The van der Waals surface area contributed by atoms with Crippen molar-refractivity contribution in [1.29, 1.82) is 0 Å². The minimum absolute atomic E-state index is 0.920. The highest BCUT2D eigenvalue weighted by molar-refractivity contribution is 7.95. The topological polar surface area (TPSA) is 58.0 Å². The van der Waals surface area contributed by atoms with Crippen molar-refractivity contribution in [3.05, 3.63) is 183 Å². The van der Waals surface area contributed by atoms with E-state index >= 15 is 0 Å². The van der Waals surface area contributed by atoms with Gasteiger partial charge in [-0.1, -0.05) is 97.1 Å². The van der Waals surface area contributed by atoms with Crippen molar-refractivity contribution in [1.82, 2.24) is 19.9 Å². The molecule has 0 saturated carbocycles. The Bertz CT molecular complexity index is 3070. The second-order valence-electron chi connectivity index (χ2n) is 15.4. The van der Waals surface area contributed by atoms with Crippen LogP contribution in [0.2, 0.25) is 0 Å². The molecule has 10 aromatic rings. The van der Waals surface area contributed by atoms with E-state index in [9.17, 15) is 0 Å². The first-order valence-corrected chi connectivity index (χ1v) is 23.3. The van der Waals surface area contributed by atoms with Gasteiger partial charge in [-0.3, -0.25) is 0 Å². The SMILES string of the molecule is CN1c2cc3ccccc3cc2P(c2ccccc2)c2cc3ncncc3cc2N(C)c2cc3cncnc3cc2[P+](C)(c2ccccc2)c2cc3ccccc3cc21. The number of anilines is 4. The fraction of sp³-hybridized carbons (Fsp3) is 0.0588. The van der Waals surface area contributed by atoms with Crippen molar-refractivity contribution in [2.75, 3.05) is 30.6 Å². The average Bonchev–Trinajstić information content (AvgIpc) is 3.30. The quantitative estimate of drug-likeness (QED) is 0.163. The van der Waals surface area contributed by atoms with Gasteiger partial charge >= 0.3 is 0 Å². The lowest BCUT2D eigenvalue weighted by Crippen LogP contribution is -2.38. The van der Waals surface area contributed by atoms with Gasteiger partial charge < -0.3 is 9.80 Å². The number of hydrogen-bond acceptors (Lipinski definition) is 6. The smallest absolute Gasteiger partial charge is 0.130 e. The maximum Gasteiger partial charge on any atom is 0.130 e. The van der Waals surface area contributed by atoms with Crippen molar-refractivity contribution in [3.8, 4) is 0 Å². The third kappa shape index (κ3) is 5.78. The molecule has 2 aromatic heterocycles. The van der Waals surface area contributed by atoms with Gasteiger partial charge in [0.15, 0.2) is 0 Å². The van der Waals surface area contributed by atoms with Gasteiger partial charge in [-0.2, -0.15) is 0 Å². The summed E-state index contributed by atoms with van der Waals surface area (Å²) in [5, 5.41) is 14.4. The Morgan fingerprint density at radius 1 is 0.441 bits per heavy atom. The van der Waals surface area contributed by atoms with Gasteiger partial charge in [0.1, 0.15) is 35.8 Å². The third-order valence-corrected chi connectivity index (χ3v) is 18.5. The second-order valence-corrected chi connectivity index (χ2v) is 21.0. The van der Waals surface area contributed by atoms with Crippen LogP contribution in [0.5, 0.6) is 0 Å². The first-order chi connectivity index (χ1) is 29.0. The molecule has 8 heteroatoms. The highest BCUT2D eigenvalue weighted by Crippen LogP contribution is 2.58. The molecule has 0 aliphatic carbocycles. The van der Waals surface area contributed by atoms with Crippen LogP contribution in [0.4, 0.5) is 22.7 Å². The van der Waals surface area contributed by atoms with E-state index in [1.54, 1.807) is 12.7 Å². The van der Waals surface area contributed by atoms with Crippen LogP contribution in [0.15, 0.2) is 183 Å². The zero-order valence-electron chi connectivity index (χ0n) is 32.9. The predicted octanol–water partition coefficient (Wildman–Crippen LogP) is 9.41. The molecule has 3 heterocycles. The van der Waals surface area contributed by atoms with Crippen molar-refractivity contribution in [2.24, 2.45) is 0 Å². The first kappa shape index (κ1) is 35.6. The van der Waals surface area contributed by atoms with Crippen LogP contribution >= 0.6 is 15.2 Å².